The van der Waals surface area contributed by atoms with Gasteiger partial charge in [0.05, 0.1) is 19.4 Å². The Morgan fingerprint density at radius 1 is 1.31 bits per heavy atom. The molecule has 1 aromatic carbocycles. The molecule has 7 heteroatoms. The molecule has 72 valence electrons. The summed E-state index contributed by atoms with van der Waals surface area (Å²) in [5.74, 6) is 0. The molecular weight excluding hydrogens is 301 g/mol. The maximum absolute atomic E-state index is 11.0. The highest BCUT2D eigenvalue weighted by molar-refractivity contribution is 9.10. The number of benzene rings is 1. The molecule has 0 aliphatic rings. The van der Waals surface area contributed by atoms with Crippen molar-refractivity contribution in [3.63, 3.8) is 0 Å². The van der Waals surface area contributed by atoms with Crippen LogP contribution < -0.4 is 5.14 Å². The van der Waals surface area contributed by atoms with E-state index in [0.717, 1.165) is 0 Å². The van der Waals surface area contributed by atoms with Crippen molar-refractivity contribution in [3.8, 4) is 0 Å². The van der Waals surface area contributed by atoms with Crippen LogP contribution in [0.1, 0.15) is 0 Å². The van der Waals surface area contributed by atoms with Crippen LogP contribution in [0.15, 0.2) is 21.5 Å². The zero-order valence-electron chi connectivity index (χ0n) is 6.09. The average molecular weight is 305 g/mol. The molecule has 0 bridgehead atoms. The number of hydrogen-bond donors (Lipinski definition) is 1. The highest BCUT2D eigenvalue weighted by Gasteiger charge is 2.16. The summed E-state index contributed by atoms with van der Waals surface area (Å²) in [5.41, 5.74) is 0. The second-order valence-electron chi connectivity index (χ2n) is 2.22. The molecule has 3 nitrogen and oxygen atoms in total. The molecule has 0 heterocycles. The topological polar surface area (TPSA) is 60.2 Å². The summed E-state index contributed by atoms with van der Waals surface area (Å²) in [5, 5.41) is 5.31. The minimum Gasteiger partial charge on any atom is -0.225 e. The summed E-state index contributed by atoms with van der Waals surface area (Å²) < 4.78 is 22.1. The molecule has 0 spiro atoms. The summed E-state index contributed by atoms with van der Waals surface area (Å²) in [4.78, 5) is -0.0816. The van der Waals surface area contributed by atoms with Crippen molar-refractivity contribution in [1.82, 2.24) is 0 Å². The molecule has 0 amide bonds. The van der Waals surface area contributed by atoms with Gasteiger partial charge < -0.3 is 0 Å². The van der Waals surface area contributed by atoms with Gasteiger partial charge in [0.1, 0.15) is 0 Å². The standard InChI is InChI=1S/C6H4BrCl2NO2S/c7-5-4(13(10,11)12)2-1-3(8)6(5)9/h1-2H,(H2,10,11,12). The van der Waals surface area contributed by atoms with Gasteiger partial charge in [-0.1, -0.05) is 23.2 Å². The molecule has 0 aromatic heterocycles. The van der Waals surface area contributed by atoms with Gasteiger partial charge in [-0.2, -0.15) is 0 Å². The summed E-state index contributed by atoms with van der Waals surface area (Å²) in [6.45, 7) is 0. The Labute approximate surface area is 94.0 Å². The molecule has 0 saturated heterocycles. The van der Waals surface area contributed by atoms with Crippen molar-refractivity contribution in [2.45, 2.75) is 4.90 Å². The van der Waals surface area contributed by atoms with Gasteiger partial charge in [-0.25, -0.2) is 13.6 Å². The van der Waals surface area contributed by atoms with Crippen molar-refractivity contribution < 1.29 is 8.42 Å². The van der Waals surface area contributed by atoms with Gasteiger partial charge in [-0.15, -0.1) is 0 Å². The molecular formula is C6H4BrCl2NO2S. The lowest BCUT2D eigenvalue weighted by atomic mass is 10.4. The van der Waals surface area contributed by atoms with E-state index in [9.17, 15) is 8.42 Å². The fraction of sp³-hybridized carbons (Fsp3) is 0. The Kier molecular flexibility index (Phi) is 3.24. The molecule has 0 saturated carbocycles. The lowest BCUT2D eigenvalue weighted by Crippen LogP contribution is -2.12. The van der Waals surface area contributed by atoms with E-state index >= 15 is 0 Å². The molecule has 1 rings (SSSR count). The van der Waals surface area contributed by atoms with Gasteiger partial charge >= 0.3 is 0 Å². The monoisotopic (exact) mass is 303 g/mol. The molecule has 1 aromatic rings. The first-order chi connectivity index (χ1) is 5.84. The van der Waals surface area contributed by atoms with E-state index in [-0.39, 0.29) is 19.4 Å². The van der Waals surface area contributed by atoms with Crippen LogP contribution in [0.2, 0.25) is 10.0 Å². The highest BCUT2D eigenvalue weighted by Crippen LogP contribution is 2.34. The van der Waals surface area contributed by atoms with E-state index in [1.54, 1.807) is 0 Å². The summed E-state index contributed by atoms with van der Waals surface area (Å²) >= 11 is 14.3. The third kappa shape index (κ3) is 2.35. The van der Waals surface area contributed by atoms with Crippen LogP contribution in [0.3, 0.4) is 0 Å². The quantitative estimate of drug-likeness (QED) is 0.810. The van der Waals surface area contributed by atoms with E-state index in [2.05, 4.69) is 15.9 Å². The molecule has 13 heavy (non-hydrogen) atoms. The molecule has 0 atom stereocenters. The normalized spacial score (nSPS) is 11.7. The number of sulfonamides is 1. The van der Waals surface area contributed by atoms with Crippen LogP contribution in [0.25, 0.3) is 0 Å². The fourth-order valence-electron chi connectivity index (χ4n) is 0.728. The van der Waals surface area contributed by atoms with Crippen molar-refractivity contribution in [2.75, 3.05) is 0 Å². The number of rotatable bonds is 1. The van der Waals surface area contributed by atoms with Crippen molar-refractivity contribution in [2.24, 2.45) is 5.14 Å². The second-order valence-corrected chi connectivity index (χ2v) is 5.33. The Hall–Kier alpha value is 0.190. The molecule has 0 fully saturated rings. The summed E-state index contributed by atoms with van der Waals surface area (Å²) in [6.07, 6.45) is 0. The summed E-state index contributed by atoms with van der Waals surface area (Å²) in [7, 11) is -3.76. The Morgan fingerprint density at radius 2 is 1.85 bits per heavy atom. The predicted octanol–water partition coefficient (Wildman–Crippen LogP) is 2.40. The number of halogens is 3. The van der Waals surface area contributed by atoms with Crippen LogP contribution in [0.5, 0.6) is 0 Å². The zero-order chi connectivity index (χ0) is 10.2. The Balaban J connectivity index is 3.53. The SMILES string of the molecule is NS(=O)(=O)c1ccc(Cl)c(Cl)c1Br. The van der Waals surface area contributed by atoms with E-state index in [0.29, 0.717) is 0 Å². The van der Waals surface area contributed by atoms with E-state index in [1.165, 1.54) is 12.1 Å². The molecule has 0 unspecified atom stereocenters. The van der Waals surface area contributed by atoms with Gasteiger partial charge in [0.2, 0.25) is 10.0 Å². The minimum atomic E-state index is -3.76. The Morgan fingerprint density at radius 3 is 2.31 bits per heavy atom. The molecule has 2 N–H and O–H groups in total. The van der Waals surface area contributed by atoms with Gasteiger partial charge in [0, 0.05) is 0 Å². The van der Waals surface area contributed by atoms with Crippen LogP contribution in [-0.4, -0.2) is 8.42 Å². The number of nitrogens with two attached hydrogens (primary N) is 1. The van der Waals surface area contributed by atoms with Gasteiger partial charge in [0.25, 0.3) is 0 Å². The molecule has 0 radical (unpaired) electrons. The predicted molar refractivity (Wildman–Crippen MR) is 55.5 cm³/mol. The fourth-order valence-corrected chi connectivity index (χ4v) is 2.85. The second kappa shape index (κ2) is 3.74. The summed E-state index contributed by atoms with van der Waals surface area (Å²) in [6, 6.07) is 2.65. The number of primary sulfonamides is 1. The zero-order valence-corrected chi connectivity index (χ0v) is 10.0. The lowest BCUT2D eigenvalue weighted by molar-refractivity contribution is 0.597. The minimum absolute atomic E-state index is 0.0816. The van der Waals surface area contributed by atoms with Crippen LogP contribution >= 0.6 is 39.1 Å². The highest BCUT2D eigenvalue weighted by atomic mass is 79.9. The first kappa shape index (κ1) is 11.3. The van der Waals surface area contributed by atoms with Crippen LogP contribution in [0.4, 0.5) is 0 Å². The first-order valence-electron chi connectivity index (χ1n) is 3.00. The van der Waals surface area contributed by atoms with Crippen molar-refractivity contribution in [1.29, 1.82) is 0 Å². The van der Waals surface area contributed by atoms with Crippen molar-refractivity contribution in [3.05, 3.63) is 26.7 Å². The van der Waals surface area contributed by atoms with Crippen LogP contribution in [-0.2, 0) is 10.0 Å². The third-order valence-corrected chi connectivity index (χ3v) is 4.38. The average Bonchev–Trinajstić information content (AvgIpc) is 1.98. The lowest BCUT2D eigenvalue weighted by Gasteiger charge is -2.04. The van der Waals surface area contributed by atoms with Gasteiger partial charge in [0.15, 0.2) is 0 Å². The Bertz CT molecular complexity index is 446. The van der Waals surface area contributed by atoms with E-state index in [1.807, 2.05) is 0 Å². The maximum atomic E-state index is 11.0. The smallest absolute Gasteiger partial charge is 0.225 e. The third-order valence-electron chi connectivity index (χ3n) is 1.31. The molecule has 0 aliphatic heterocycles. The van der Waals surface area contributed by atoms with E-state index in [4.69, 9.17) is 28.3 Å². The number of hydrogen-bond acceptors (Lipinski definition) is 2. The van der Waals surface area contributed by atoms with Gasteiger partial charge in [-0.05, 0) is 28.1 Å². The molecule has 0 aliphatic carbocycles. The van der Waals surface area contributed by atoms with Crippen LogP contribution in [0, 0.1) is 0 Å². The van der Waals surface area contributed by atoms with Crippen molar-refractivity contribution >= 4 is 49.2 Å². The first-order valence-corrected chi connectivity index (χ1v) is 6.10. The largest absolute Gasteiger partial charge is 0.239 e. The maximum Gasteiger partial charge on any atom is 0.239 e. The van der Waals surface area contributed by atoms with Gasteiger partial charge in [-0.3, -0.25) is 0 Å². The van der Waals surface area contributed by atoms with E-state index < -0.39 is 10.0 Å².